The van der Waals surface area contributed by atoms with E-state index in [9.17, 15) is 24.3 Å². The maximum Gasteiger partial charge on any atom is 0.407 e. The summed E-state index contributed by atoms with van der Waals surface area (Å²) in [5.74, 6) is 0.330. The number of carbonyl (C=O) groups is 4. The van der Waals surface area contributed by atoms with Crippen LogP contribution in [-0.4, -0.2) is 103 Å². The summed E-state index contributed by atoms with van der Waals surface area (Å²) in [6, 6.07) is 10.9. The van der Waals surface area contributed by atoms with E-state index in [4.69, 9.17) is 14.7 Å². The largest absolute Gasteiger partial charge is 0.453 e. The van der Waals surface area contributed by atoms with Crippen LogP contribution in [0.15, 0.2) is 42.6 Å². The number of imidazole rings is 2. The van der Waals surface area contributed by atoms with Gasteiger partial charge in [0.05, 0.1) is 47.8 Å². The molecule has 2 saturated heterocycles. The number of aliphatic hydroxyl groups is 1. The molecule has 58 heavy (non-hydrogen) atoms. The van der Waals surface area contributed by atoms with Gasteiger partial charge in [-0.2, -0.15) is 0 Å². The van der Waals surface area contributed by atoms with Gasteiger partial charge in [-0.25, -0.2) is 14.8 Å². The number of hydrogen-bond donors (Lipinski definition) is 6. The average Bonchev–Trinajstić information content (AvgIpc) is 4.06. The van der Waals surface area contributed by atoms with E-state index in [0.29, 0.717) is 13.1 Å². The monoisotopic (exact) mass is 789 g/mol. The van der Waals surface area contributed by atoms with Crippen molar-refractivity contribution in [3.05, 3.63) is 70.9 Å². The number of nitrogens with zero attached hydrogens (tertiary/aromatic N) is 4. The molecule has 5 aromatic rings. The number of benzene rings is 2. The van der Waals surface area contributed by atoms with Crippen molar-refractivity contribution in [3.8, 4) is 11.4 Å². The van der Waals surface area contributed by atoms with Gasteiger partial charge in [-0.15, -0.1) is 0 Å². The Morgan fingerprint density at radius 2 is 1.53 bits per heavy atom. The van der Waals surface area contributed by atoms with Crippen LogP contribution in [0.25, 0.3) is 45.0 Å². The third kappa shape index (κ3) is 7.34. The Morgan fingerprint density at radius 1 is 0.845 bits per heavy atom. The first kappa shape index (κ1) is 38.9. The topological polar surface area (TPSA) is 201 Å². The fourth-order valence-corrected chi connectivity index (χ4v) is 8.76. The van der Waals surface area contributed by atoms with Crippen molar-refractivity contribution in [3.63, 3.8) is 0 Å². The smallest absolute Gasteiger partial charge is 0.407 e. The number of alkyl carbamates (subject to hydrolysis) is 1. The number of H-pyrrole nitrogens is 3. The maximum atomic E-state index is 13.6. The number of hydrogen-bond acceptors (Lipinski definition) is 8. The third-order valence-electron chi connectivity index (χ3n) is 11.8. The van der Waals surface area contributed by atoms with Gasteiger partial charge in [0.1, 0.15) is 30.3 Å². The van der Waals surface area contributed by atoms with Crippen molar-refractivity contribution >= 4 is 57.4 Å². The molecule has 8 rings (SSSR count). The Hall–Kier alpha value is -5.96. The Bertz CT molecular complexity index is 2420. The Morgan fingerprint density at radius 3 is 2.21 bits per heavy atom. The van der Waals surface area contributed by atoms with Crippen LogP contribution >= 0.6 is 0 Å². The molecular weight excluding hydrogens is 739 g/mol. The highest BCUT2D eigenvalue weighted by Crippen LogP contribution is 2.38. The third-order valence-corrected chi connectivity index (χ3v) is 11.8. The highest BCUT2D eigenvalue weighted by atomic mass is 16.5. The van der Waals surface area contributed by atoms with Crippen LogP contribution in [0, 0.1) is 11.8 Å². The molecule has 5 heterocycles. The van der Waals surface area contributed by atoms with Crippen molar-refractivity contribution in [2.45, 2.75) is 84.0 Å². The minimum Gasteiger partial charge on any atom is -0.453 e. The molecule has 2 aromatic carbocycles. The number of methoxy groups -OCH3 is 1. The minimum atomic E-state index is -0.723. The van der Waals surface area contributed by atoms with Gasteiger partial charge in [0.2, 0.25) is 17.7 Å². The standard InChI is InChI=1S/C43H51N9O6/c1-22(2)37(49-36(54)21-53)41(55)52-13-7-9-35(52)40-46-29-11-10-24(17-31(29)47-40)25-14-26-16-28-19-32(45-30(28)18-27(26)15-25)33-20-44-39(48-33)34-8-6-12-51(34)42(56)38(23(3)4)50-43(57)58-5/h10-11,15-20,22-23,34-35,37-38,45,53H,6-9,12-14,21H2,1-5H3,(H,44,48)(H,46,47)(H,49,54)(H,50,57)/t34?,35?,37-,38+/m0/s1. The van der Waals surface area contributed by atoms with E-state index >= 15 is 0 Å². The van der Waals surface area contributed by atoms with Gasteiger partial charge < -0.3 is 45.2 Å². The zero-order valence-electron chi connectivity index (χ0n) is 33.5. The summed E-state index contributed by atoms with van der Waals surface area (Å²) >= 11 is 0. The molecule has 2 fully saturated rings. The number of nitrogens with one attached hydrogen (secondary N) is 5. The summed E-state index contributed by atoms with van der Waals surface area (Å²) in [4.78, 5) is 75.0. The molecule has 3 aromatic heterocycles. The summed E-state index contributed by atoms with van der Waals surface area (Å²) in [6.45, 7) is 8.07. The van der Waals surface area contributed by atoms with Gasteiger partial charge >= 0.3 is 6.09 Å². The number of aromatic amines is 3. The van der Waals surface area contributed by atoms with Gasteiger partial charge in [0, 0.05) is 24.0 Å². The number of amides is 4. The number of aliphatic hydroxyl groups excluding tert-OH is 1. The molecule has 304 valence electrons. The van der Waals surface area contributed by atoms with Crippen LogP contribution in [0.5, 0.6) is 0 Å². The van der Waals surface area contributed by atoms with Gasteiger partial charge in [0.25, 0.3) is 0 Å². The van der Waals surface area contributed by atoms with E-state index in [1.807, 2.05) is 38.7 Å². The molecule has 0 spiro atoms. The first-order valence-corrected chi connectivity index (χ1v) is 20.2. The molecule has 2 aliphatic heterocycles. The highest BCUT2D eigenvalue weighted by Gasteiger charge is 2.39. The lowest BCUT2D eigenvalue weighted by atomic mass is 10.0. The number of likely N-dealkylation sites (tertiary alicyclic amines) is 2. The molecule has 0 bridgehead atoms. The van der Waals surface area contributed by atoms with Crippen LogP contribution in [0.2, 0.25) is 0 Å². The zero-order valence-corrected chi connectivity index (χ0v) is 33.5. The van der Waals surface area contributed by atoms with Gasteiger partial charge in [-0.1, -0.05) is 39.8 Å². The van der Waals surface area contributed by atoms with E-state index in [2.05, 4.69) is 62.0 Å². The van der Waals surface area contributed by atoms with Gasteiger partial charge in [-0.3, -0.25) is 14.4 Å². The lowest BCUT2D eigenvalue weighted by molar-refractivity contribution is -0.139. The summed E-state index contributed by atoms with van der Waals surface area (Å²) in [7, 11) is 1.29. The molecule has 4 amide bonds. The first-order chi connectivity index (χ1) is 27.9. The summed E-state index contributed by atoms with van der Waals surface area (Å²) in [6.07, 6.45) is 7.41. The summed E-state index contributed by atoms with van der Waals surface area (Å²) in [5.41, 5.74) is 9.16. The quantitative estimate of drug-likeness (QED) is 0.103. The van der Waals surface area contributed by atoms with Crippen LogP contribution in [-0.2, 0) is 25.5 Å². The molecule has 4 atom stereocenters. The number of carbonyl (C=O) groups excluding carboxylic acids is 4. The fourth-order valence-electron chi connectivity index (χ4n) is 8.76. The zero-order chi connectivity index (χ0) is 40.8. The van der Waals surface area contributed by atoms with Crippen LogP contribution in [0.1, 0.15) is 93.8 Å². The van der Waals surface area contributed by atoms with E-state index < -0.39 is 30.7 Å². The highest BCUT2D eigenvalue weighted by molar-refractivity contribution is 5.96. The lowest BCUT2D eigenvalue weighted by Gasteiger charge is -2.30. The number of ether oxygens (including phenoxy) is 1. The van der Waals surface area contributed by atoms with Crippen LogP contribution in [0.3, 0.4) is 0 Å². The van der Waals surface area contributed by atoms with Crippen LogP contribution in [0.4, 0.5) is 4.79 Å². The second-order valence-corrected chi connectivity index (χ2v) is 16.4. The normalized spacial score (nSPS) is 18.9. The van der Waals surface area contributed by atoms with Crippen molar-refractivity contribution in [1.29, 1.82) is 0 Å². The summed E-state index contributed by atoms with van der Waals surface area (Å²) in [5, 5.41) is 15.7. The molecule has 6 N–H and O–H groups in total. The number of fused-ring (bicyclic) bond motifs is 3. The maximum absolute atomic E-state index is 13.6. The molecule has 15 heteroatoms. The molecule has 3 aliphatic rings. The van der Waals surface area contributed by atoms with Gasteiger partial charge in [-0.05, 0) is 96.5 Å². The van der Waals surface area contributed by atoms with E-state index in [1.54, 1.807) is 11.1 Å². The van der Waals surface area contributed by atoms with E-state index in [0.717, 1.165) is 88.2 Å². The number of rotatable bonds is 11. The Kier molecular flexibility index (Phi) is 10.6. The van der Waals surface area contributed by atoms with Crippen molar-refractivity contribution < 1.29 is 29.0 Å². The first-order valence-electron chi connectivity index (χ1n) is 20.2. The number of aromatic nitrogens is 5. The molecule has 0 radical (unpaired) electrons. The second-order valence-electron chi connectivity index (χ2n) is 16.4. The van der Waals surface area contributed by atoms with Crippen molar-refractivity contribution in [2.75, 3.05) is 26.8 Å². The lowest BCUT2D eigenvalue weighted by Crippen LogP contribution is -2.51. The number of allylic oxidation sites excluding steroid dienone is 1. The van der Waals surface area contributed by atoms with Gasteiger partial charge in [0.15, 0.2) is 0 Å². The van der Waals surface area contributed by atoms with E-state index in [1.165, 1.54) is 18.2 Å². The molecule has 2 unspecified atom stereocenters. The van der Waals surface area contributed by atoms with Crippen molar-refractivity contribution in [2.24, 2.45) is 11.8 Å². The van der Waals surface area contributed by atoms with Crippen molar-refractivity contribution in [1.82, 2.24) is 45.4 Å². The minimum absolute atomic E-state index is 0.110. The Balaban J connectivity index is 0.978. The SMILES string of the molecule is COC(=O)N[C@@H](C(=O)N1CCCC1c1ncc(-c2cc3cc4c(cc3[nH]2)C=C(c2ccc3nc(C5CCCN5C(=O)[C@@H](NC(=O)CO)C(C)C)[nH]c3c2)C4)[nH]1)C(C)C. The summed E-state index contributed by atoms with van der Waals surface area (Å²) < 4.78 is 4.77. The molecule has 1 aliphatic carbocycles. The predicted octanol–water partition coefficient (Wildman–Crippen LogP) is 5.37. The van der Waals surface area contributed by atoms with Crippen LogP contribution < -0.4 is 10.6 Å². The average molecular weight is 790 g/mol. The fraction of sp³-hybridized carbons (Fsp3) is 0.442. The Labute approximate surface area is 336 Å². The predicted molar refractivity (Wildman–Crippen MR) is 219 cm³/mol. The molecule has 0 saturated carbocycles. The molecule has 15 nitrogen and oxygen atoms in total. The molecular formula is C43H51N9O6. The second kappa shape index (κ2) is 15.8. The van der Waals surface area contributed by atoms with E-state index in [-0.39, 0.29) is 35.7 Å².